The number of nitrogens with one attached hydrogen (secondary N) is 2. The molecule has 0 radical (unpaired) electrons. The first-order valence-electron chi connectivity index (χ1n) is 11.3. The lowest BCUT2D eigenvalue weighted by molar-refractivity contribution is 0.0589. The van der Waals surface area contributed by atoms with Gasteiger partial charge in [-0.3, -0.25) is 4.79 Å². The van der Waals surface area contributed by atoms with Gasteiger partial charge in [0.1, 0.15) is 5.65 Å². The molecule has 0 fully saturated rings. The monoisotopic (exact) mass is 494 g/mol. The third-order valence-electron chi connectivity index (χ3n) is 5.63. The van der Waals surface area contributed by atoms with Crippen LogP contribution in [0.1, 0.15) is 46.9 Å². The number of carbonyl (C=O) groups excluding carboxylic acids is 2. The number of anilines is 2. The van der Waals surface area contributed by atoms with Gasteiger partial charge < -0.3 is 24.4 Å². The van der Waals surface area contributed by atoms with E-state index >= 15 is 0 Å². The Balaban J connectivity index is 1.78. The summed E-state index contributed by atoms with van der Waals surface area (Å²) < 4.78 is 12.1. The van der Waals surface area contributed by atoms with Crippen molar-refractivity contribution in [3.8, 4) is 0 Å². The van der Waals surface area contributed by atoms with Crippen molar-refractivity contribution >= 4 is 45.9 Å². The summed E-state index contributed by atoms with van der Waals surface area (Å²) in [5.41, 5.74) is 2.78. The highest BCUT2D eigenvalue weighted by molar-refractivity contribution is 6.31. The lowest BCUT2D eigenvalue weighted by Gasteiger charge is -2.12. The van der Waals surface area contributed by atoms with Crippen molar-refractivity contribution in [1.82, 2.24) is 9.55 Å². The minimum absolute atomic E-state index is 0.129. The molecule has 35 heavy (non-hydrogen) atoms. The number of aromatic nitrogens is 2. The van der Waals surface area contributed by atoms with E-state index in [1.54, 1.807) is 22.9 Å². The van der Waals surface area contributed by atoms with E-state index in [1.807, 2.05) is 30.3 Å². The van der Waals surface area contributed by atoms with E-state index in [2.05, 4.69) is 29.5 Å². The predicted molar refractivity (Wildman–Crippen MR) is 136 cm³/mol. The lowest BCUT2D eigenvalue weighted by Crippen LogP contribution is -2.17. The van der Waals surface area contributed by atoms with E-state index in [0.29, 0.717) is 46.4 Å². The molecule has 4 aromatic rings. The number of nitrogens with zero attached hydrogens (tertiary/aromatic N) is 2. The van der Waals surface area contributed by atoms with Crippen molar-refractivity contribution < 1.29 is 18.7 Å². The maximum atomic E-state index is 12.9. The number of fused-ring (bicyclic) bond motifs is 1. The molecule has 0 unspecified atom stereocenters. The van der Waals surface area contributed by atoms with E-state index in [1.165, 1.54) is 13.4 Å². The number of methoxy groups -OCH3 is 1. The summed E-state index contributed by atoms with van der Waals surface area (Å²) in [6.07, 6.45) is 3.93. The van der Waals surface area contributed by atoms with Crippen LogP contribution in [-0.2, 0) is 17.8 Å². The van der Waals surface area contributed by atoms with Crippen LogP contribution in [0.5, 0.6) is 0 Å². The topological polar surface area (TPSA) is 98.4 Å². The fourth-order valence-electron chi connectivity index (χ4n) is 3.78. The molecule has 9 heteroatoms. The Labute approximate surface area is 208 Å². The molecule has 0 saturated heterocycles. The Bertz CT molecular complexity index is 1350. The van der Waals surface area contributed by atoms with E-state index in [4.69, 9.17) is 20.8 Å². The first-order chi connectivity index (χ1) is 16.9. The maximum absolute atomic E-state index is 12.9. The van der Waals surface area contributed by atoms with Gasteiger partial charge in [-0.25, -0.2) is 9.78 Å². The maximum Gasteiger partial charge on any atom is 0.356 e. The number of ether oxygens (including phenoxy) is 1. The Kier molecular flexibility index (Phi) is 7.41. The Morgan fingerprint density at radius 2 is 2.00 bits per heavy atom. The van der Waals surface area contributed by atoms with E-state index in [9.17, 15) is 9.59 Å². The van der Waals surface area contributed by atoms with Crippen molar-refractivity contribution in [2.75, 3.05) is 17.7 Å². The number of aryl methyl sites for hydroxylation is 1. The van der Waals surface area contributed by atoms with Gasteiger partial charge in [0.25, 0.3) is 5.91 Å². The Morgan fingerprint density at radius 3 is 2.69 bits per heavy atom. The Morgan fingerprint density at radius 1 is 1.20 bits per heavy atom. The predicted octanol–water partition coefficient (Wildman–Crippen LogP) is 5.98. The zero-order valence-corrected chi connectivity index (χ0v) is 20.6. The molecule has 0 aliphatic carbocycles. The van der Waals surface area contributed by atoms with Crippen LogP contribution in [0.25, 0.3) is 11.0 Å². The van der Waals surface area contributed by atoms with Crippen LogP contribution >= 0.6 is 11.6 Å². The zero-order valence-electron chi connectivity index (χ0n) is 19.8. The Hall–Kier alpha value is -3.78. The van der Waals surface area contributed by atoms with Gasteiger partial charge in [-0.1, -0.05) is 43.6 Å². The highest BCUT2D eigenvalue weighted by atomic mass is 35.5. The molecular weight excluding hydrogens is 468 g/mol. The number of rotatable bonds is 9. The number of pyridine rings is 1. The molecule has 0 bridgehead atoms. The van der Waals surface area contributed by atoms with Crippen molar-refractivity contribution in [2.24, 2.45) is 5.92 Å². The van der Waals surface area contributed by atoms with Crippen LogP contribution in [0.3, 0.4) is 0 Å². The van der Waals surface area contributed by atoms with Gasteiger partial charge in [0.2, 0.25) is 0 Å². The third-order valence-corrected chi connectivity index (χ3v) is 6.00. The summed E-state index contributed by atoms with van der Waals surface area (Å²) in [5.74, 6) is -0.509. The SMILES string of the molecule is COC(=O)c1c(NC(=O)c2ccco2)c2cc(NCc3ccccc3Cl)cnc2n1CCC(C)C. The largest absolute Gasteiger partial charge is 0.464 e. The lowest BCUT2D eigenvalue weighted by atomic mass is 10.1. The number of hydrogen-bond acceptors (Lipinski definition) is 6. The van der Waals surface area contributed by atoms with Crippen LogP contribution in [0, 0.1) is 5.92 Å². The second-order valence-electron chi connectivity index (χ2n) is 8.52. The van der Waals surface area contributed by atoms with Crippen LogP contribution in [-0.4, -0.2) is 28.5 Å². The number of esters is 1. The highest BCUT2D eigenvalue weighted by Crippen LogP contribution is 2.34. The smallest absolute Gasteiger partial charge is 0.356 e. The van der Waals surface area contributed by atoms with E-state index in [0.717, 1.165) is 12.0 Å². The van der Waals surface area contributed by atoms with Gasteiger partial charge >= 0.3 is 5.97 Å². The molecule has 8 nitrogen and oxygen atoms in total. The number of benzene rings is 1. The summed E-state index contributed by atoms with van der Waals surface area (Å²) in [6.45, 7) is 5.23. The second kappa shape index (κ2) is 10.7. The molecule has 3 aromatic heterocycles. The minimum atomic E-state index is -0.563. The van der Waals surface area contributed by atoms with Crippen molar-refractivity contribution in [3.05, 3.63) is 77.0 Å². The molecule has 182 valence electrons. The molecule has 0 aliphatic heterocycles. The number of furan rings is 1. The summed E-state index contributed by atoms with van der Waals surface area (Å²) in [5, 5.41) is 7.44. The quantitative estimate of drug-likeness (QED) is 0.278. The summed E-state index contributed by atoms with van der Waals surface area (Å²) >= 11 is 6.29. The average Bonchev–Trinajstić information content (AvgIpc) is 3.49. The van der Waals surface area contributed by atoms with Crippen LogP contribution < -0.4 is 10.6 Å². The fraction of sp³-hybridized carbons (Fsp3) is 0.269. The summed E-state index contributed by atoms with van der Waals surface area (Å²) in [7, 11) is 1.31. The number of carbonyl (C=O) groups is 2. The van der Waals surface area contributed by atoms with Gasteiger partial charge in [-0.2, -0.15) is 0 Å². The van der Waals surface area contributed by atoms with Crippen molar-refractivity contribution in [2.45, 2.75) is 33.4 Å². The zero-order chi connectivity index (χ0) is 24.9. The highest BCUT2D eigenvalue weighted by Gasteiger charge is 2.27. The first kappa shape index (κ1) is 24.3. The van der Waals surface area contributed by atoms with Crippen LogP contribution in [0.4, 0.5) is 11.4 Å². The van der Waals surface area contributed by atoms with E-state index < -0.39 is 11.9 Å². The summed E-state index contributed by atoms with van der Waals surface area (Å²) in [4.78, 5) is 30.4. The third kappa shape index (κ3) is 5.33. The molecule has 1 amide bonds. The van der Waals surface area contributed by atoms with E-state index in [-0.39, 0.29) is 11.5 Å². The molecule has 1 aromatic carbocycles. The van der Waals surface area contributed by atoms with Gasteiger partial charge in [-0.15, -0.1) is 0 Å². The average molecular weight is 495 g/mol. The molecule has 2 N–H and O–H groups in total. The summed E-state index contributed by atoms with van der Waals surface area (Å²) in [6, 6.07) is 12.6. The van der Waals surface area contributed by atoms with Crippen molar-refractivity contribution in [1.29, 1.82) is 0 Å². The van der Waals surface area contributed by atoms with Crippen molar-refractivity contribution in [3.63, 3.8) is 0 Å². The standard InChI is InChI=1S/C26H27ClN4O4/c1-16(2)10-11-31-23(26(33)34-3)22(30-25(32)21-9-6-12-35-21)19-13-18(15-29-24(19)31)28-14-17-7-4-5-8-20(17)27/h4-9,12-13,15-16,28H,10-11,14H2,1-3H3,(H,30,32). The number of hydrogen-bond donors (Lipinski definition) is 2. The fourth-order valence-corrected chi connectivity index (χ4v) is 3.99. The van der Waals surface area contributed by atoms with Gasteiger partial charge in [-0.05, 0) is 42.2 Å². The second-order valence-corrected chi connectivity index (χ2v) is 8.93. The minimum Gasteiger partial charge on any atom is -0.464 e. The number of halogens is 1. The number of amides is 1. The molecule has 3 heterocycles. The van der Waals surface area contributed by atoms with Gasteiger partial charge in [0.05, 0.1) is 30.9 Å². The van der Waals surface area contributed by atoms with Gasteiger partial charge in [0, 0.05) is 23.5 Å². The first-order valence-corrected chi connectivity index (χ1v) is 11.7. The van der Waals surface area contributed by atoms with Crippen LogP contribution in [0.2, 0.25) is 5.02 Å². The molecular formula is C26H27ClN4O4. The van der Waals surface area contributed by atoms with Crippen LogP contribution in [0.15, 0.2) is 59.3 Å². The normalized spacial score (nSPS) is 11.1. The van der Waals surface area contributed by atoms with Gasteiger partial charge in [0.15, 0.2) is 11.5 Å². The molecule has 0 atom stereocenters. The molecule has 0 aliphatic rings. The molecule has 4 rings (SSSR count). The molecule has 0 spiro atoms. The molecule has 0 saturated carbocycles.